The van der Waals surface area contributed by atoms with Gasteiger partial charge in [-0.05, 0) is 65.5 Å². The summed E-state index contributed by atoms with van der Waals surface area (Å²) in [4.78, 5) is 28.3. The quantitative estimate of drug-likeness (QED) is 0.419. The van der Waals surface area contributed by atoms with E-state index in [1.54, 1.807) is 49.6 Å². The first kappa shape index (κ1) is 28.6. The number of sulfonamides is 1. The van der Waals surface area contributed by atoms with E-state index in [0.717, 1.165) is 22.5 Å². The smallest absolute Gasteiger partial charge is 0.244 e. The lowest BCUT2D eigenvalue weighted by atomic mass is 10.1. The lowest BCUT2D eigenvalue weighted by molar-refractivity contribution is -0.140. The van der Waals surface area contributed by atoms with Crippen LogP contribution in [0.1, 0.15) is 39.2 Å². The zero-order valence-corrected chi connectivity index (χ0v) is 23.2. The fourth-order valence-electron chi connectivity index (χ4n) is 3.58. The molecule has 2 aromatic rings. The molecular formula is C25H34BrN3O5S. The zero-order chi connectivity index (χ0) is 26.2. The Bertz CT molecular complexity index is 1130. The third-order valence-electron chi connectivity index (χ3n) is 5.67. The number of nitrogens with one attached hydrogen (secondary N) is 1. The first-order valence-electron chi connectivity index (χ1n) is 11.5. The van der Waals surface area contributed by atoms with Crippen LogP contribution >= 0.6 is 15.9 Å². The van der Waals surface area contributed by atoms with Crippen LogP contribution in [0.4, 0.5) is 5.69 Å². The highest BCUT2D eigenvalue weighted by atomic mass is 79.9. The van der Waals surface area contributed by atoms with Gasteiger partial charge in [-0.15, -0.1) is 0 Å². The fraction of sp³-hybridized carbons (Fsp3) is 0.440. The van der Waals surface area contributed by atoms with Gasteiger partial charge in [0, 0.05) is 17.1 Å². The third-order valence-corrected chi connectivity index (χ3v) is 7.47. The normalized spacial score (nSPS) is 13.0. The standard InChI is InChI=1S/C25H34BrN3O5S/c1-6-18(3)27-25(31)22(7-2)28(16-19-11-10-12-20(15-19)34-4)24(30)17-29(35(5,32)33)23-14-9-8-13-21(23)26/h8-15,18,22H,6-7,16-17H2,1-5H3,(H,27,31)/t18-,22+/m0/s1. The Morgan fingerprint density at radius 3 is 2.34 bits per heavy atom. The van der Waals surface area contributed by atoms with Crippen LogP contribution in [0.25, 0.3) is 0 Å². The van der Waals surface area contributed by atoms with Gasteiger partial charge in [-0.3, -0.25) is 13.9 Å². The molecule has 0 radical (unpaired) electrons. The topological polar surface area (TPSA) is 96.0 Å². The molecule has 0 saturated carbocycles. The summed E-state index contributed by atoms with van der Waals surface area (Å²) in [7, 11) is -2.24. The van der Waals surface area contributed by atoms with E-state index in [2.05, 4.69) is 21.2 Å². The second kappa shape index (κ2) is 12.9. The van der Waals surface area contributed by atoms with E-state index in [4.69, 9.17) is 4.74 Å². The molecule has 0 bridgehead atoms. The van der Waals surface area contributed by atoms with Crippen LogP contribution in [-0.4, -0.2) is 57.1 Å². The molecule has 2 aromatic carbocycles. The van der Waals surface area contributed by atoms with Crippen LogP contribution in [0.15, 0.2) is 53.0 Å². The molecule has 0 heterocycles. The van der Waals surface area contributed by atoms with Crippen LogP contribution in [0.2, 0.25) is 0 Å². The van der Waals surface area contributed by atoms with Crippen molar-refractivity contribution < 1.29 is 22.7 Å². The monoisotopic (exact) mass is 567 g/mol. The van der Waals surface area contributed by atoms with Crippen molar-refractivity contribution in [2.75, 3.05) is 24.2 Å². The molecule has 35 heavy (non-hydrogen) atoms. The largest absolute Gasteiger partial charge is 0.497 e. The van der Waals surface area contributed by atoms with Crippen molar-refractivity contribution in [3.05, 3.63) is 58.6 Å². The number of ether oxygens (including phenoxy) is 1. The first-order valence-corrected chi connectivity index (χ1v) is 14.1. The second-order valence-corrected chi connectivity index (χ2v) is 11.1. The summed E-state index contributed by atoms with van der Waals surface area (Å²) in [5, 5.41) is 2.95. The lowest BCUT2D eigenvalue weighted by Crippen LogP contribution is -2.53. The Kier molecular flexibility index (Phi) is 10.6. The summed E-state index contributed by atoms with van der Waals surface area (Å²) >= 11 is 3.38. The van der Waals surface area contributed by atoms with Crippen LogP contribution in [0.5, 0.6) is 5.75 Å². The molecule has 0 aliphatic heterocycles. The van der Waals surface area contributed by atoms with Crippen molar-refractivity contribution in [1.82, 2.24) is 10.2 Å². The predicted octanol–water partition coefficient (Wildman–Crippen LogP) is 3.95. The molecule has 192 valence electrons. The summed E-state index contributed by atoms with van der Waals surface area (Å²) in [6.07, 6.45) is 2.17. The molecular weight excluding hydrogens is 534 g/mol. The maximum atomic E-state index is 13.7. The number of para-hydroxylation sites is 1. The maximum Gasteiger partial charge on any atom is 0.244 e. The summed E-state index contributed by atoms with van der Waals surface area (Å²) in [5.41, 5.74) is 1.11. The minimum atomic E-state index is -3.79. The van der Waals surface area contributed by atoms with Crippen LogP contribution in [-0.2, 0) is 26.2 Å². The summed E-state index contributed by atoms with van der Waals surface area (Å²) in [6, 6.07) is 13.2. The van der Waals surface area contributed by atoms with Crippen molar-refractivity contribution in [2.45, 2.75) is 52.2 Å². The number of hydrogen-bond donors (Lipinski definition) is 1. The molecule has 8 nitrogen and oxygen atoms in total. The SMILES string of the molecule is CC[C@H](C(=O)N[C@@H](C)CC)N(Cc1cccc(OC)c1)C(=O)CN(c1ccccc1Br)S(C)(=O)=O. The molecule has 1 N–H and O–H groups in total. The van der Waals surface area contributed by atoms with Crippen molar-refractivity contribution in [3.63, 3.8) is 0 Å². The highest BCUT2D eigenvalue weighted by molar-refractivity contribution is 9.10. The number of benzene rings is 2. The number of nitrogens with zero attached hydrogens (tertiary/aromatic N) is 2. The fourth-order valence-corrected chi connectivity index (χ4v) is 5.05. The number of methoxy groups -OCH3 is 1. The number of hydrogen-bond acceptors (Lipinski definition) is 5. The average molecular weight is 569 g/mol. The molecule has 2 rings (SSSR count). The average Bonchev–Trinajstić information content (AvgIpc) is 2.82. The lowest BCUT2D eigenvalue weighted by Gasteiger charge is -2.33. The Morgan fingerprint density at radius 2 is 1.77 bits per heavy atom. The van der Waals surface area contributed by atoms with Gasteiger partial charge in [-0.1, -0.05) is 38.1 Å². The molecule has 0 fully saturated rings. The van der Waals surface area contributed by atoms with Gasteiger partial charge in [0.1, 0.15) is 18.3 Å². The van der Waals surface area contributed by atoms with E-state index in [1.807, 2.05) is 26.8 Å². The van der Waals surface area contributed by atoms with Gasteiger partial charge in [0.05, 0.1) is 19.1 Å². The van der Waals surface area contributed by atoms with E-state index in [9.17, 15) is 18.0 Å². The van der Waals surface area contributed by atoms with E-state index < -0.39 is 28.5 Å². The first-order chi connectivity index (χ1) is 16.5. The number of anilines is 1. The van der Waals surface area contributed by atoms with Crippen LogP contribution in [0.3, 0.4) is 0 Å². The molecule has 0 saturated heterocycles. The summed E-state index contributed by atoms with van der Waals surface area (Å²) in [5.74, 6) is -0.136. The Balaban J connectivity index is 2.47. The molecule has 0 aliphatic rings. The zero-order valence-electron chi connectivity index (χ0n) is 20.8. The summed E-state index contributed by atoms with van der Waals surface area (Å²) < 4.78 is 32.3. The van der Waals surface area contributed by atoms with Crippen molar-refractivity contribution in [1.29, 1.82) is 0 Å². The van der Waals surface area contributed by atoms with E-state index in [-0.39, 0.29) is 18.5 Å². The second-order valence-electron chi connectivity index (χ2n) is 8.34. The number of carbonyl (C=O) groups excluding carboxylic acids is 2. The summed E-state index contributed by atoms with van der Waals surface area (Å²) in [6.45, 7) is 5.37. The van der Waals surface area contributed by atoms with E-state index in [0.29, 0.717) is 22.3 Å². The highest BCUT2D eigenvalue weighted by Gasteiger charge is 2.32. The molecule has 0 aliphatic carbocycles. The van der Waals surface area contributed by atoms with E-state index in [1.165, 1.54) is 4.90 Å². The number of halogens is 1. The number of carbonyl (C=O) groups is 2. The van der Waals surface area contributed by atoms with Crippen LogP contribution in [0, 0.1) is 0 Å². The van der Waals surface area contributed by atoms with E-state index >= 15 is 0 Å². The van der Waals surface area contributed by atoms with Gasteiger partial charge >= 0.3 is 0 Å². The Morgan fingerprint density at radius 1 is 1.09 bits per heavy atom. The highest BCUT2D eigenvalue weighted by Crippen LogP contribution is 2.28. The molecule has 0 unspecified atom stereocenters. The van der Waals surface area contributed by atoms with Crippen LogP contribution < -0.4 is 14.4 Å². The molecule has 2 atom stereocenters. The number of amides is 2. The Labute approximate surface area is 216 Å². The van der Waals surface area contributed by atoms with Gasteiger partial charge in [0.15, 0.2) is 0 Å². The molecule has 10 heteroatoms. The predicted molar refractivity (Wildman–Crippen MR) is 142 cm³/mol. The number of rotatable bonds is 12. The Hall–Kier alpha value is -2.59. The molecule has 0 aromatic heterocycles. The minimum absolute atomic E-state index is 0.0573. The molecule has 2 amide bonds. The van der Waals surface area contributed by atoms with Gasteiger partial charge in [0.25, 0.3) is 0 Å². The van der Waals surface area contributed by atoms with Crippen molar-refractivity contribution in [2.24, 2.45) is 0 Å². The molecule has 0 spiro atoms. The van der Waals surface area contributed by atoms with Crippen molar-refractivity contribution in [3.8, 4) is 5.75 Å². The van der Waals surface area contributed by atoms with Gasteiger partial charge in [-0.25, -0.2) is 8.42 Å². The maximum absolute atomic E-state index is 13.7. The van der Waals surface area contributed by atoms with Gasteiger partial charge in [0.2, 0.25) is 21.8 Å². The van der Waals surface area contributed by atoms with Gasteiger partial charge in [-0.2, -0.15) is 0 Å². The van der Waals surface area contributed by atoms with Crippen molar-refractivity contribution >= 4 is 43.5 Å². The minimum Gasteiger partial charge on any atom is -0.497 e. The van der Waals surface area contributed by atoms with Gasteiger partial charge < -0.3 is 15.0 Å². The third kappa shape index (κ3) is 7.96.